The molecule has 0 atom stereocenters. The Hall–Kier alpha value is -2.12. The van der Waals surface area contributed by atoms with Gasteiger partial charge in [0.15, 0.2) is 0 Å². The Morgan fingerprint density at radius 2 is 1.46 bits per heavy atom. The van der Waals surface area contributed by atoms with Gasteiger partial charge in [-0.05, 0) is 75.3 Å². The minimum atomic E-state index is 1.05. The molecular weight excluding hydrogens is 356 g/mol. The first-order chi connectivity index (χ1) is 11.7. The van der Waals surface area contributed by atoms with Gasteiger partial charge < -0.3 is 0 Å². The van der Waals surface area contributed by atoms with E-state index in [0.717, 1.165) is 10.9 Å². The van der Waals surface area contributed by atoms with E-state index in [4.69, 9.17) is 0 Å². The molecule has 0 fully saturated rings. The third-order valence-electron chi connectivity index (χ3n) is 4.93. The number of fused-ring (bicyclic) bond motifs is 3. The first-order valence-corrected chi connectivity index (χ1v) is 9.18. The Balaban J connectivity index is 2.11. The Bertz CT molecular complexity index is 1050. The fraction of sp³-hybridized carbons (Fsp3) is 0.130. The van der Waals surface area contributed by atoms with E-state index in [1.807, 2.05) is 0 Å². The number of halogens is 1. The molecule has 0 unspecified atom stereocenters. The highest BCUT2D eigenvalue weighted by Gasteiger charge is 2.11. The highest BCUT2D eigenvalue weighted by atomic mass is 79.9. The van der Waals surface area contributed by atoms with E-state index in [9.17, 15) is 0 Å². The lowest BCUT2D eigenvalue weighted by Crippen LogP contribution is -1.93. The summed E-state index contributed by atoms with van der Waals surface area (Å²) in [6.07, 6.45) is 1.05. The topological polar surface area (TPSA) is 0 Å². The van der Waals surface area contributed by atoms with Crippen LogP contribution in [0.5, 0.6) is 0 Å². The highest BCUT2D eigenvalue weighted by Crippen LogP contribution is 2.36. The molecule has 1 heteroatoms. The van der Waals surface area contributed by atoms with E-state index in [0.29, 0.717) is 0 Å². The summed E-state index contributed by atoms with van der Waals surface area (Å²) >= 11 is 3.63. The second kappa shape index (κ2) is 6.07. The summed E-state index contributed by atoms with van der Waals surface area (Å²) in [7, 11) is 0. The minimum absolute atomic E-state index is 1.05. The van der Waals surface area contributed by atoms with Gasteiger partial charge in [0.25, 0.3) is 0 Å². The molecule has 0 heterocycles. The fourth-order valence-corrected chi connectivity index (χ4v) is 4.09. The van der Waals surface area contributed by atoms with Crippen LogP contribution >= 0.6 is 15.9 Å². The molecule has 0 spiro atoms. The van der Waals surface area contributed by atoms with Crippen LogP contribution in [0.25, 0.3) is 32.7 Å². The molecule has 4 aromatic carbocycles. The predicted octanol–water partition coefficient (Wildman–Crippen LogP) is 7.29. The van der Waals surface area contributed by atoms with Gasteiger partial charge >= 0.3 is 0 Å². The monoisotopic (exact) mass is 374 g/mol. The van der Waals surface area contributed by atoms with Crippen molar-refractivity contribution in [3.05, 3.63) is 82.3 Å². The summed E-state index contributed by atoms with van der Waals surface area (Å²) in [6, 6.07) is 24.1. The predicted molar refractivity (Wildman–Crippen MR) is 109 cm³/mol. The number of benzene rings is 4. The second-order valence-electron chi connectivity index (χ2n) is 6.27. The molecule has 0 N–H and O–H groups in total. The van der Waals surface area contributed by atoms with E-state index in [1.54, 1.807) is 0 Å². The van der Waals surface area contributed by atoms with Crippen LogP contribution in [0.3, 0.4) is 0 Å². The van der Waals surface area contributed by atoms with Crippen molar-refractivity contribution in [2.45, 2.75) is 20.3 Å². The molecule has 0 saturated heterocycles. The van der Waals surface area contributed by atoms with Gasteiger partial charge in [0.05, 0.1) is 0 Å². The molecule has 0 aliphatic rings. The Labute approximate surface area is 151 Å². The number of hydrogen-bond acceptors (Lipinski definition) is 0. The van der Waals surface area contributed by atoms with Crippen molar-refractivity contribution in [1.29, 1.82) is 0 Å². The average molecular weight is 375 g/mol. The highest BCUT2D eigenvalue weighted by molar-refractivity contribution is 9.10. The summed E-state index contributed by atoms with van der Waals surface area (Å²) in [4.78, 5) is 0. The zero-order valence-electron chi connectivity index (χ0n) is 13.9. The molecule has 0 aromatic heterocycles. The van der Waals surface area contributed by atoms with E-state index in [-0.39, 0.29) is 0 Å². The Morgan fingerprint density at radius 3 is 2.21 bits per heavy atom. The Morgan fingerprint density at radius 1 is 0.708 bits per heavy atom. The van der Waals surface area contributed by atoms with Crippen molar-refractivity contribution in [2.24, 2.45) is 0 Å². The van der Waals surface area contributed by atoms with Gasteiger partial charge in [-0.3, -0.25) is 0 Å². The van der Waals surface area contributed by atoms with Crippen molar-refractivity contribution in [1.82, 2.24) is 0 Å². The van der Waals surface area contributed by atoms with Gasteiger partial charge in [0, 0.05) is 4.47 Å². The van der Waals surface area contributed by atoms with Crippen molar-refractivity contribution < 1.29 is 0 Å². The minimum Gasteiger partial charge on any atom is -0.0622 e. The maximum Gasteiger partial charge on any atom is 0.0181 e. The number of rotatable bonds is 2. The number of hydrogen-bond donors (Lipinski definition) is 0. The van der Waals surface area contributed by atoms with E-state index in [2.05, 4.69) is 96.5 Å². The molecule has 0 nitrogen and oxygen atoms in total. The van der Waals surface area contributed by atoms with Crippen molar-refractivity contribution >= 4 is 37.5 Å². The first-order valence-electron chi connectivity index (χ1n) is 8.39. The molecule has 0 aliphatic carbocycles. The van der Waals surface area contributed by atoms with Crippen LogP contribution in [0.2, 0.25) is 0 Å². The smallest absolute Gasteiger partial charge is 0.0181 e. The number of aryl methyl sites for hydroxylation is 2. The van der Waals surface area contributed by atoms with E-state index in [1.165, 1.54) is 43.8 Å². The standard InChI is InChI=1S/C23H19Br/c1-3-19-15(2)20-12-10-18(24)14-23(20)21-11-9-17(13-22(19)21)16-7-5-4-6-8-16/h4-14H,3H2,1-2H3. The zero-order chi connectivity index (χ0) is 16.7. The van der Waals surface area contributed by atoms with Gasteiger partial charge in [-0.15, -0.1) is 0 Å². The van der Waals surface area contributed by atoms with Gasteiger partial charge in [0.2, 0.25) is 0 Å². The Kier molecular flexibility index (Phi) is 3.90. The van der Waals surface area contributed by atoms with Crippen LogP contribution in [-0.4, -0.2) is 0 Å². The zero-order valence-corrected chi connectivity index (χ0v) is 15.5. The van der Waals surface area contributed by atoms with Crippen molar-refractivity contribution in [3.63, 3.8) is 0 Å². The maximum atomic E-state index is 3.63. The third-order valence-corrected chi connectivity index (χ3v) is 5.43. The van der Waals surface area contributed by atoms with Crippen LogP contribution in [0.4, 0.5) is 0 Å². The van der Waals surface area contributed by atoms with Gasteiger partial charge in [-0.2, -0.15) is 0 Å². The van der Waals surface area contributed by atoms with Crippen molar-refractivity contribution in [2.75, 3.05) is 0 Å². The summed E-state index contributed by atoms with van der Waals surface area (Å²) in [6.45, 7) is 4.51. The lowest BCUT2D eigenvalue weighted by Gasteiger charge is -2.15. The SMILES string of the molecule is CCc1c(C)c2ccc(Br)cc2c2ccc(-c3ccccc3)cc12. The summed E-state index contributed by atoms with van der Waals surface area (Å²) in [5.41, 5.74) is 5.41. The van der Waals surface area contributed by atoms with Crippen LogP contribution in [0.1, 0.15) is 18.1 Å². The quantitative estimate of drug-likeness (QED) is 0.323. The lowest BCUT2D eigenvalue weighted by atomic mass is 9.89. The van der Waals surface area contributed by atoms with Crippen LogP contribution < -0.4 is 0 Å². The summed E-state index contributed by atoms with van der Waals surface area (Å²) < 4.78 is 1.13. The van der Waals surface area contributed by atoms with Gasteiger partial charge in [-0.25, -0.2) is 0 Å². The summed E-state index contributed by atoms with van der Waals surface area (Å²) in [5.74, 6) is 0. The third kappa shape index (κ3) is 2.44. The van der Waals surface area contributed by atoms with Gasteiger partial charge in [0.1, 0.15) is 0 Å². The molecule has 0 saturated carbocycles. The van der Waals surface area contributed by atoms with Crippen LogP contribution in [0.15, 0.2) is 71.2 Å². The van der Waals surface area contributed by atoms with Crippen LogP contribution in [-0.2, 0) is 6.42 Å². The normalized spacial score (nSPS) is 11.3. The average Bonchev–Trinajstić information content (AvgIpc) is 2.62. The summed E-state index contributed by atoms with van der Waals surface area (Å²) in [5, 5.41) is 5.40. The van der Waals surface area contributed by atoms with Gasteiger partial charge in [-0.1, -0.05) is 71.4 Å². The van der Waals surface area contributed by atoms with Crippen molar-refractivity contribution in [3.8, 4) is 11.1 Å². The molecular formula is C23H19Br. The maximum absolute atomic E-state index is 3.63. The first kappa shape index (κ1) is 15.4. The second-order valence-corrected chi connectivity index (χ2v) is 7.19. The molecule has 4 rings (SSSR count). The fourth-order valence-electron chi connectivity index (χ4n) is 3.73. The molecule has 118 valence electrons. The molecule has 4 aromatic rings. The molecule has 24 heavy (non-hydrogen) atoms. The van der Waals surface area contributed by atoms with E-state index >= 15 is 0 Å². The molecule has 0 bridgehead atoms. The largest absolute Gasteiger partial charge is 0.0622 e. The molecule has 0 radical (unpaired) electrons. The van der Waals surface area contributed by atoms with Crippen LogP contribution in [0, 0.1) is 6.92 Å². The molecule has 0 amide bonds. The van der Waals surface area contributed by atoms with E-state index < -0.39 is 0 Å². The molecule has 0 aliphatic heterocycles. The lowest BCUT2D eigenvalue weighted by molar-refractivity contribution is 1.14.